The molecule has 2 unspecified atom stereocenters. The van der Waals surface area contributed by atoms with Crippen LogP contribution in [0.5, 0.6) is 0 Å². The van der Waals surface area contributed by atoms with Crippen molar-refractivity contribution < 1.29 is 4.42 Å². The van der Waals surface area contributed by atoms with Crippen LogP contribution in [-0.4, -0.2) is 10.9 Å². The van der Waals surface area contributed by atoms with Gasteiger partial charge in [0.15, 0.2) is 5.04 Å². The number of aliphatic imine (C=N–C) groups is 1. The van der Waals surface area contributed by atoms with Gasteiger partial charge in [0.05, 0.1) is 11.4 Å². The summed E-state index contributed by atoms with van der Waals surface area (Å²) in [5, 5.41) is 21.9. The van der Waals surface area contributed by atoms with Gasteiger partial charge in [-0.25, -0.2) is 0 Å². The van der Waals surface area contributed by atoms with Crippen molar-refractivity contribution in [2.24, 2.45) is 10.7 Å². The van der Waals surface area contributed by atoms with E-state index in [1.165, 1.54) is 0 Å². The van der Waals surface area contributed by atoms with Crippen molar-refractivity contribution in [2.45, 2.75) is 11.4 Å². The monoisotopic (exact) mass is 589 g/mol. The molecule has 0 radical (unpaired) electrons. The predicted octanol–water partition coefficient (Wildman–Crippen LogP) is 8.58. The highest BCUT2D eigenvalue weighted by molar-refractivity contribution is 8.14. The zero-order valence-electron chi connectivity index (χ0n) is 23.6. The lowest BCUT2D eigenvalue weighted by atomic mass is 9.97. The van der Waals surface area contributed by atoms with E-state index < -0.39 is 5.37 Å². The summed E-state index contributed by atoms with van der Waals surface area (Å²) in [6.45, 7) is 0. The van der Waals surface area contributed by atoms with Crippen molar-refractivity contribution in [3.05, 3.63) is 150 Å². The third-order valence-corrected chi connectivity index (χ3v) is 8.59. The van der Waals surface area contributed by atoms with Crippen molar-refractivity contribution in [3.63, 3.8) is 0 Å². The second-order valence-electron chi connectivity index (χ2n) is 10.5. The standard InChI is InChI=1S/C37H27N5OS/c38-22-34(39)44-36(40)27-11-6-10-26(20-27)32-21-31(41-37(42-32)25-8-2-1-3-9-25)24-18-16-23(17-19-24)28-13-7-14-30-29-12-4-5-15-33(29)43-35(28)30/h1-21,31,36,39H,40H2,(H,41,42). The molecule has 1 aromatic heterocycles. The molecule has 0 spiro atoms. The Bertz CT molecular complexity index is 2120. The number of nitrogens with zero attached hydrogens (tertiary/aromatic N) is 2. The number of para-hydroxylation sites is 2. The van der Waals surface area contributed by atoms with E-state index in [4.69, 9.17) is 25.8 Å². The van der Waals surface area contributed by atoms with E-state index in [2.05, 4.69) is 59.9 Å². The Morgan fingerprint density at radius 3 is 2.39 bits per heavy atom. The first kappa shape index (κ1) is 27.4. The third kappa shape index (κ3) is 5.29. The third-order valence-electron chi connectivity index (χ3n) is 7.73. The number of amidine groups is 1. The SMILES string of the molecule is N#CC(=N)SC(N)c1cccc(C2=CC(c3ccc(-c4cccc5c4oc4ccccc45)cc3)N=C(c3ccccc3)N2)c1. The summed E-state index contributed by atoms with van der Waals surface area (Å²) in [6, 6.07) is 42.5. The fraction of sp³-hybridized carbons (Fsp3) is 0.0541. The molecule has 2 atom stereocenters. The maximum atomic E-state index is 9.03. The van der Waals surface area contributed by atoms with E-state index in [0.29, 0.717) is 0 Å². The molecule has 0 bridgehead atoms. The van der Waals surface area contributed by atoms with Crippen LogP contribution in [0.15, 0.2) is 137 Å². The van der Waals surface area contributed by atoms with Crippen LogP contribution in [0, 0.1) is 16.7 Å². The minimum absolute atomic E-state index is 0.114. The molecule has 4 N–H and O–H groups in total. The molecule has 1 aliphatic rings. The van der Waals surface area contributed by atoms with E-state index in [-0.39, 0.29) is 11.1 Å². The van der Waals surface area contributed by atoms with Crippen molar-refractivity contribution in [1.29, 1.82) is 10.7 Å². The van der Waals surface area contributed by atoms with Crippen LogP contribution in [0.1, 0.15) is 33.7 Å². The van der Waals surface area contributed by atoms with Crippen LogP contribution in [0.2, 0.25) is 0 Å². The fourth-order valence-electron chi connectivity index (χ4n) is 5.56. The van der Waals surface area contributed by atoms with Crippen molar-refractivity contribution >= 4 is 50.3 Å². The highest BCUT2D eigenvalue weighted by Gasteiger charge is 2.21. The number of rotatable bonds is 6. The summed E-state index contributed by atoms with van der Waals surface area (Å²) < 4.78 is 6.29. The molecule has 1 aliphatic heterocycles. The number of fused-ring (bicyclic) bond motifs is 3. The molecule has 6 nitrogen and oxygen atoms in total. The molecule has 44 heavy (non-hydrogen) atoms. The molecule has 0 saturated carbocycles. The zero-order valence-corrected chi connectivity index (χ0v) is 24.4. The van der Waals surface area contributed by atoms with Crippen LogP contribution in [0.25, 0.3) is 38.8 Å². The molecule has 0 aliphatic carbocycles. The Morgan fingerprint density at radius 2 is 1.57 bits per heavy atom. The van der Waals surface area contributed by atoms with Crippen LogP contribution in [0.3, 0.4) is 0 Å². The molecule has 2 heterocycles. The quantitative estimate of drug-likeness (QED) is 0.102. The van der Waals surface area contributed by atoms with Crippen LogP contribution in [0.4, 0.5) is 0 Å². The van der Waals surface area contributed by atoms with Gasteiger partial charge >= 0.3 is 0 Å². The minimum Gasteiger partial charge on any atom is -0.455 e. The first-order valence-corrected chi connectivity index (χ1v) is 15.1. The Kier molecular flexibility index (Phi) is 7.29. The summed E-state index contributed by atoms with van der Waals surface area (Å²) in [7, 11) is 0. The van der Waals surface area contributed by atoms with Crippen LogP contribution < -0.4 is 11.1 Å². The summed E-state index contributed by atoms with van der Waals surface area (Å²) in [4.78, 5) is 5.10. The molecule has 5 aromatic carbocycles. The number of benzene rings is 5. The average molecular weight is 590 g/mol. The van der Waals surface area contributed by atoms with Gasteiger partial charge in [0.25, 0.3) is 0 Å². The van der Waals surface area contributed by atoms with Gasteiger partial charge in [-0.05, 0) is 40.5 Å². The highest BCUT2D eigenvalue weighted by Crippen LogP contribution is 2.37. The summed E-state index contributed by atoms with van der Waals surface area (Å²) >= 11 is 1.03. The van der Waals surface area contributed by atoms with Crippen LogP contribution in [-0.2, 0) is 0 Å². The highest BCUT2D eigenvalue weighted by atomic mass is 32.2. The van der Waals surface area contributed by atoms with Crippen molar-refractivity contribution in [3.8, 4) is 17.2 Å². The summed E-state index contributed by atoms with van der Waals surface area (Å²) in [5.74, 6) is 0.777. The Morgan fingerprint density at radius 1 is 0.841 bits per heavy atom. The molecule has 7 rings (SSSR count). The summed E-state index contributed by atoms with van der Waals surface area (Å²) in [6.07, 6.45) is 2.12. The lowest BCUT2D eigenvalue weighted by Crippen LogP contribution is -2.27. The molecule has 7 heteroatoms. The first-order valence-electron chi connectivity index (χ1n) is 14.2. The maximum absolute atomic E-state index is 9.03. The lowest BCUT2D eigenvalue weighted by Gasteiger charge is -2.24. The number of hydrogen-bond donors (Lipinski definition) is 3. The Hall–Kier alpha value is -5.42. The molecule has 0 fully saturated rings. The van der Waals surface area contributed by atoms with Crippen LogP contribution >= 0.6 is 11.8 Å². The number of hydrogen-bond acceptors (Lipinski definition) is 7. The molecular weight excluding hydrogens is 563 g/mol. The number of thioether (sulfide) groups is 1. The van der Waals surface area contributed by atoms with E-state index in [1.54, 1.807) is 0 Å². The van der Waals surface area contributed by atoms with Gasteiger partial charge in [-0.15, -0.1) is 0 Å². The van der Waals surface area contributed by atoms with E-state index >= 15 is 0 Å². The maximum Gasteiger partial charge on any atom is 0.168 e. The van der Waals surface area contributed by atoms with Gasteiger partial charge in [-0.3, -0.25) is 10.4 Å². The van der Waals surface area contributed by atoms with Gasteiger partial charge in [-0.2, -0.15) is 5.26 Å². The van der Waals surface area contributed by atoms with Crippen molar-refractivity contribution in [2.75, 3.05) is 0 Å². The second kappa shape index (κ2) is 11.7. The number of nitrogens with two attached hydrogens (primary N) is 1. The predicted molar refractivity (Wildman–Crippen MR) is 180 cm³/mol. The van der Waals surface area contributed by atoms with Crippen molar-refractivity contribution in [1.82, 2.24) is 5.32 Å². The fourth-order valence-corrected chi connectivity index (χ4v) is 6.15. The number of nitrogens with one attached hydrogen (secondary N) is 2. The lowest BCUT2D eigenvalue weighted by molar-refractivity contribution is 0.670. The first-order chi connectivity index (χ1) is 21.6. The summed E-state index contributed by atoms with van der Waals surface area (Å²) in [5.41, 5.74) is 15.0. The minimum atomic E-state index is -0.520. The van der Waals surface area contributed by atoms with E-state index in [1.807, 2.05) is 78.9 Å². The van der Waals surface area contributed by atoms with E-state index in [0.717, 1.165) is 78.6 Å². The molecule has 212 valence electrons. The topological polar surface area (TPSA) is 111 Å². The molecule has 0 saturated heterocycles. The Labute approximate surface area is 259 Å². The largest absolute Gasteiger partial charge is 0.455 e. The smallest absolute Gasteiger partial charge is 0.168 e. The number of nitriles is 1. The molecular formula is C37H27N5OS. The molecule has 0 amide bonds. The number of furan rings is 1. The average Bonchev–Trinajstić information content (AvgIpc) is 3.47. The Balaban J connectivity index is 1.25. The van der Waals surface area contributed by atoms with Gasteiger partial charge in [0, 0.05) is 27.6 Å². The van der Waals surface area contributed by atoms with Gasteiger partial charge in [0.1, 0.15) is 23.1 Å². The normalized spacial score (nSPS) is 15.2. The second-order valence-corrected chi connectivity index (χ2v) is 11.7. The zero-order chi connectivity index (χ0) is 30.0. The van der Waals surface area contributed by atoms with E-state index in [9.17, 15) is 0 Å². The van der Waals surface area contributed by atoms with Gasteiger partial charge < -0.3 is 15.5 Å². The molecule has 6 aromatic rings. The van der Waals surface area contributed by atoms with Gasteiger partial charge in [-0.1, -0.05) is 121 Å². The van der Waals surface area contributed by atoms with Gasteiger partial charge in [0.2, 0.25) is 0 Å².